The van der Waals surface area contributed by atoms with Gasteiger partial charge in [0, 0.05) is 50.4 Å². The summed E-state index contributed by atoms with van der Waals surface area (Å²) < 4.78 is 5.48. The van der Waals surface area contributed by atoms with Crippen molar-refractivity contribution in [3.63, 3.8) is 0 Å². The van der Waals surface area contributed by atoms with Crippen LogP contribution in [0, 0.1) is 6.92 Å². The van der Waals surface area contributed by atoms with Crippen LogP contribution in [0.3, 0.4) is 0 Å². The maximum atomic E-state index is 10.1. The Morgan fingerprint density at radius 1 is 1.12 bits per heavy atom. The number of ether oxygens (including phenoxy) is 1. The molecule has 0 radical (unpaired) electrons. The predicted octanol–water partition coefficient (Wildman–Crippen LogP) is 1.82. The van der Waals surface area contributed by atoms with Crippen LogP contribution in [0.25, 0.3) is 0 Å². The van der Waals surface area contributed by atoms with E-state index in [1.165, 1.54) is 0 Å². The van der Waals surface area contributed by atoms with Gasteiger partial charge in [-0.05, 0) is 20.8 Å². The molecule has 0 bridgehead atoms. The van der Waals surface area contributed by atoms with Gasteiger partial charge in [-0.15, -0.1) is 0 Å². The van der Waals surface area contributed by atoms with Gasteiger partial charge in [0.05, 0.1) is 18.8 Å². The number of aryl methyl sites for hydroxylation is 1. The van der Waals surface area contributed by atoms with Crippen molar-refractivity contribution in [2.24, 2.45) is 0 Å². The van der Waals surface area contributed by atoms with E-state index in [-0.39, 0.29) is 6.10 Å². The number of aliphatic hydroxyl groups is 1. The molecule has 1 fully saturated rings. The number of rotatable bonds is 7. The third-order valence-electron chi connectivity index (χ3n) is 4.16. The quantitative estimate of drug-likeness (QED) is 0.819. The molecule has 1 atom stereocenters. The first kappa shape index (κ1) is 19.1. The zero-order valence-corrected chi connectivity index (χ0v) is 15.7. The number of hydrogen-bond donors (Lipinski definition) is 1. The maximum absolute atomic E-state index is 10.1. The summed E-state index contributed by atoms with van der Waals surface area (Å²) >= 11 is 0. The SMILES string of the molecule is Cc1cc(N2CCN(CC(O)COC(C)C)CC2)nc(C(C)C)n1. The highest BCUT2D eigenvalue weighted by molar-refractivity contribution is 5.40. The summed E-state index contributed by atoms with van der Waals surface area (Å²) in [5, 5.41) is 10.1. The van der Waals surface area contributed by atoms with Crippen LogP contribution in [0.1, 0.15) is 45.1 Å². The predicted molar refractivity (Wildman–Crippen MR) is 96.6 cm³/mol. The Morgan fingerprint density at radius 2 is 1.79 bits per heavy atom. The van der Waals surface area contributed by atoms with Gasteiger partial charge in [0.2, 0.25) is 0 Å². The normalized spacial score (nSPS) is 17.8. The molecule has 1 aromatic rings. The Bertz CT molecular complexity index is 514. The van der Waals surface area contributed by atoms with E-state index in [0.29, 0.717) is 19.1 Å². The van der Waals surface area contributed by atoms with Crippen molar-refractivity contribution in [2.45, 2.75) is 52.7 Å². The summed E-state index contributed by atoms with van der Waals surface area (Å²) in [6.45, 7) is 15.0. The molecule has 0 aromatic carbocycles. The van der Waals surface area contributed by atoms with Crippen molar-refractivity contribution >= 4 is 5.82 Å². The second-order valence-electron chi connectivity index (χ2n) is 7.20. The van der Waals surface area contributed by atoms with Crippen molar-refractivity contribution in [1.82, 2.24) is 14.9 Å². The molecule has 2 heterocycles. The fraction of sp³-hybridized carbons (Fsp3) is 0.778. The lowest BCUT2D eigenvalue weighted by Crippen LogP contribution is -2.49. The zero-order valence-electron chi connectivity index (χ0n) is 15.7. The molecule has 6 heteroatoms. The number of piperazine rings is 1. The van der Waals surface area contributed by atoms with Crippen LogP contribution in [-0.2, 0) is 4.74 Å². The molecule has 6 nitrogen and oxygen atoms in total. The lowest BCUT2D eigenvalue weighted by molar-refractivity contribution is -0.00901. The summed E-state index contributed by atoms with van der Waals surface area (Å²) in [4.78, 5) is 13.8. The molecule has 1 unspecified atom stereocenters. The van der Waals surface area contributed by atoms with Crippen LogP contribution in [0.4, 0.5) is 5.82 Å². The molecule has 1 N–H and O–H groups in total. The second-order valence-corrected chi connectivity index (χ2v) is 7.20. The molecule has 1 aliphatic heterocycles. The molecule has 2 rings (SSSR count). The third-order valence-corrected chi connectivity index (χ3v) is 4.16. The largest absolute Gasteiger partial charge is 0.389 e. The number of hydrogen-bond acceptors (Lipinski definition) is 6. The fourth-order valence-corrected chi connectivity index (χ4v) is 2.81. The van der Waals surface area contributed by atoms with E-state index in [4.69, 9.17) is 9.72 Å². The smallest absolute Gasteiger partial charge is 0.133 e. The molecular weight excluding hydrogens is 304 g/mol. The number of aromatic nitrogens is 2. The number of aliphatic hydroxyl groups excluding tert-OH is 1. The van der Waals surface area contributed by atoms with Crippen molar-refractivity contribution in [3.05, 3.63) is 17.6 Å². The summed E-state index contributed by atoms with van der Waals surface area (Å²) in [6.07, 6.45) is -0.263. The molecule has 0 amide bonds. The maximum Gasteiger partial charge on any atom is 0.133 e. The summed E-state index contributed by atoms with van der Waals surface area (Å²) in [5.74, 6) is 2.27. The van der Waals surface area contributed by atoms with Gasteiger partial charge in [-0.3, -0.25) is 4.90 Å². The van der Waals surface area contributed by atoms with Crippen LogP contribution in [0.15, 0.2) is 6.07 Å². The van der Waals surface area contributed by atoms with Crippen molar-refractivity contribution in [3.8, 4) is 0 Å². The van der Waals surface area contributed by atoms with E-state index in [2.05, 4.69) is 34.7 Å². The van der Waals surface area contributed by atoms with E-state index in [0.717, 1.165) is 43.5 Å². The summed E-state index contributed by atoms with van der Waals surface area (Å²) in [6, 6.07) is 2.06. The first-order chi connectivity index (χ1) is 11.3. The molecule has 24 heavy (non-hydrogen) atoms. The van der Waals surface area contributed by atoms with Crippen LogP contribution in [0.2, 0.25) is 0 Å². The van der Waals surface area contributed by atoms with Gasteiger partial charge < -0.3 is 14.7 Å². The van der Waals surface area contributed by atoms with Gasteiger partial charge in [0.1, 0.15) is 11.6 Å². The number of nitrogens with zero attached hydrogens (tertiary/aromatic N) is 4. The second kappa shape index (κ2) is 8.74. The fourth-order valence-electron chi connectivity index (χ4n) is 2.81. The molecule has 1 saturated heterocycles. The van der Waals surface area contributed by atoms with Crippen LogP contribution in [0.5, 0.6) is 0 Å². The van der Waals surface area contributed by atoms with Gasteiger partial charge in [0.25, 0.3) is 0 Å². The Morgan fingerprint density at radius 3 is 2.38 bits per heavy atom. The van der Waals surface area contributed by atoms with Gasteiger partial charge in [-0.25, -0.2) is 9.97 Å². The highest BCUT2D eigenvalue weighted by Gasteiger charge is 2.21. The van der Waals surface area contributed by atoms with Crippen LogP contribution < -0.4 is 4.90 Å². The number of β-amino-alcohol motifs (C(OH)–C–C–N with tert-alkyl or cyclic N) is 1. The molecule has 1 aromatic heterocycles. The highest BCUT2D eigenvalue weighted by atomic mass is 16.5. The van der Waals surface area contributed by atoms with Gasteiger partial charge >= 0.3 is 0 Å². The monoisotopic (exact) mass is 336 g/mol. The van der Waals surface area contributed by atoms with E-state index >= 15 is 0 Å². The van der Waals surface area contributed by atoms with Gasteiger partial charge in [0.15, 0.2) is 0 Å². The average molecular weight is 336 g/mol. The molecule has 1 aliphatic rings. The third kappa shape index (κ3) is 5.69. The van der Waals surface area contributed by atoms with Crippen LogP contribution in [-0.4, -0.2) is 71.5 Å². The topological polar surface area (TPSA) is 61.7 Å². The minimum Gasteiger partial charge on any atom is -0.389 e. The van der Waals surface area contributed by atoms with Gasteiger partial charge in [-0.2, -0.15) is 0 Å². The lowest BCUT2D eigenvalue weighted by Gasteiger charge is -2.36. The van der Waals surface area contributed by atoms with Gasteiger partial charge in [-0.1, -0.05) is 13.8 Å². The van der Waals surface area contributed by atoms with Crippen molar-refractivity contribution in [2.75, 3.05) is 44.2 Å². The van der Waals surface area contributed by atoms with E-state index in [9.17, 15) is 5.11 Å². The molecular formula is C18H32N4O2. The Balaban J connectivity index is 1.86. The van der Waals surface area contributed by atoms with Crippen LogP contribution >= 0.6 is 0 Å². The van der Waals surface area contributed by atoms with E-state index in [1.807, 2.05) is 20.8 Å². The molecule has 0 spiro atoms. The Hall–Kier alpha value is -1.24. The average Bonchev–Trinajstić information content (AvgIpc) is 2.53. The summed E-state index contributed by atoms with van der Waals surface area (Å²) in [5.41, 5.74) is 1.02. The number of anilines is 1. The first-order valence-electron chi connectivity index (χ1n) is 8.97. The lowest BCUT2D eigenvalue weighted by atomic mass is 10.2. The minimum absolute atomic E-state index is 0.160. The Kier molecular flexibility index (Phi) is 6.95. The molecule has 0 saturated carbocycles. The minimum atomic E-state index is -0.423. The Labute approximate surface area is 145 Å². The van der Waals surface area contributed by atoms with Crippen molar-refractivity contribution in [1.29, 1.82) is 0 Å². The van der Waals surface area contributed by atoms with Crippen molar-refractivity contribution < 1.29 is 9.84 Å². The molecule has 136 valence electrons. The highest BCUT2D eigenvalue weighted by Crippen LogP contribution is 2.18. The van der Waals surface area contributed by atoms with E-state index in [1.54, 1.807) is 0 Å². The summed E-state index contributed by atoms with van der Waals surface area (Å²) in [7, 11) is 0. The van der Waals surface area contributed by atoms with E-state index < -0.39 is 6.10 Å². The first-order valence-corrected chi connectivity index (χ1v) is 8.97. The zero-order chi connectivity index (χ0) is 17.7. The molecule has 0 aliphatic carbocycles. The standard InChI is InChI=1S/C18H32N4O2/c1-13(2)18-19-15(5)10-17(20-18)22-8-6-21(7-9-22)11-16(23)12-24-14(3)4/h10,13-14,16,23H,6-9,11-12H2,1-5H3.